The number of fused-ring (bicyclic) bond motifs is 2. The van der Waals surface area contributed by atoms with Gasteiger partial charge in [0.05, 0.1) is 11.6 Å². The molecule has 2 aliphatic heterocycles. The van der Waals surface area contributed by atoms with E-state index in [1.165, 1.54) is 41.8 Å². The Kier molecular flexibility index (Phi) is 6.22. The molecule has 0 radical (unpaired) electrons. The van der Waals surface area contributed by atoms with Crippen molar-refractivity contribution in [3.05, 3.63) is 21.6 Å². The van der Waals surface area contributed by atoms with Gasteiger partial charge in [-0.1, -0.05) is 11.3 Å². The van der Waals surface area contributed by atoms with Gasteiger partial charge >= 0.3 is 0 Å². The number of amides is 1. The van der Waals surface area contributed by atoms with E-state index < -0.39 is 0 Å². The highest BCUT2D eigenvalue weighted by Gasteiger charge is 2.28. The van der Waals surface area contributed by atoms with Gasteiger partial charge in [0, 0.05) is 25.2 Å². The van der Waals surface area contributed by atoms with Crippen LogP contribution < -0.4 is 15.8 Å². The number of likely N-dealkylation sites (tertiary alicyclic amines) is 1. The molecule has 3 aliphatic rings. The third kappa shape index (κ3) is 4.48. The summed E-state index contributed by atoms with van der Waals surface area (Å²) in [5, 5.41) is 8.55. The van der Waals surface area contributed by atoms with Crippen molar-refractivity contribution in [1.82, 2.24) is 24.8 Å². The summed E-state index contributed by atoms with van der Waals surface area (Å²) in [6.45, 7) is 5.76. The first kappa shape index (κ1) is 20.9. The topological polar surface area (TPSA) is 82.8 Å². The molecule has 9 heteroatoms. The van der Waals surface area contributed by atoms with E-state index in [0.29, 0.717) is 11.5 Å². The van der Waals surface area contributed by atoms with Crippen LogP contribution in [0.1, 0.15) is 56.2 Å². The van der Waals surface area contributed by atoms with Gasteiger partial charge in [0.15, 0.2) is 0 Å². The maximum Gasteiger partial charge on any atom is 0.278 e. The van der Waals surface area contributed by atoms with Crippen molar-refractivity contribution >= 4 is 27.3 Å². The first-order valence-corrected chi connectivity index (χ1v) is 12.7. The van der Waals surface area contributed by atoms with E-state index in [4.69, 9.17) is 4.98 Å². The van der Waals surface area contributed by atoms with Gasteiger partial charge in [-0.25, -0.2) is 4.98 Å². The third-order valence-corrected chi connectivity index (χ3v) is 7.85. The maximum absolute atomic E-state index is 12.9. The van der Waals surface area contributed by atoms with Crippen LogP contribution in [0, 0.1) is 5.92 Å². The molecule has 31 heavy (non-hydrogen) atoms. The number of hydrogen-bond donors (Lipinski definition) is 1. The summed E-state index contributed by atoms with van der Waals surface area (Å²) in [6, 6.07) is 0. The molecule has 0 aromatic carbocycles. The van der Waals surface area contributed by atoms with E-state index in [9.17, 15) is 9.59 Å². The predicted octanol–water partition coefficient (Wildman–Crippen LogP) is 1.85. The molecule has 0 saturated carbocycles. The molecule has 1 amide bonds. The van der Waals surface area contributed by atoms with Gasteiger partial charge in [0.1, 0.15) is 0 Å². The van der Waals surface area contributed by atoms with E-state index >= 15 is 0 Å². The smallest absolute Gasteiger partial charge is 0.278 e. The number of carbonyl (C=O) groups is 1. The summed E-state index contributed by atoms with van der Waals surface area (Å²) in [5.74, 6) is 0.128. The van der Waals surface area contributed by atoms with Crippen molar-refractivity contribution in [2.75, 3.05) is 44.2 Å². The first-order chi connectivity index (χ1) is 15.2. The van der Waals surface area contributed by atoms with Crippen molar-refractivity contribution in [1.29, 1.82) is 0 Å². The number of aromatic nitrogens is 3. The van der Waals surface area contributed by atoms with Gasteiger partial charge in [-0.2, -0.15) is 4.52 Å². The first-order valence-electron chi connectivity index (χ1n) is 11.9. The second-order valence-electron chi connectivity index (χ2n) is 9.11. The lowest BCUT2D eigenvalue weighted by atomic mass is 9.97. The van der Waals surface area contributed by atoms with E-state index in [-0.39, 0.29) is 17.4 Å². The lowest BCUT2D eigenvalue weighted by Crippen LogP contribution is -2.43. The molecular weight excluding hydrogens is 412 g/mol. The highest BCUT2D eigenvalue weighted by atomic mass is 32.1. The molecule has 1 unspecified atom stereocenters. The Bertz CT molecular complexity index is 996. The number of anilines is 1. The Labute approximate surface area is 186 Å². The van der Waals surface area contributed by atoms with Crippen molar-refractivity contribution in [3.8, 4) is 0 Å². The molecular formula is C22H32N6O2S. The van der Waals surface area contributed by atoms with Crippen LogP contribution in [0.15, 0.2) is 4.79 Å². The normalized spacial score (nSPS) is 22.1. The zero-order valence-electron chi connectivity index (χ0n) is 18.1. The zero-order valence-corrected chi connectivity index (χ0v) is 19.0. The molecule has 1 N–H and O–H groups in total. The van der Waals surface area contributed by atoms with Crippen LogP contribution in [0.4, 0.5) is 5.13 Å². The summed E-state index contributed by atoms with van der Waals surface area (Å²) in [6.07, 6.45) is 9.33. The highest BCUT2D eigenvalue weighted by molar-refractivity contribution is 7.20. The summed E-state index contributed by atoms with van der Waals surface area (Å²) in [5.41, 5.74) is 1.79. The van der Waals surface area contributed by atoms with Gasteiger partial charge in [0.25, 0.3) is 5.56 Å². The van der Waals surface area contributed by atoms with Crippen LogP contribution in [0.2, 0.25) is 0 Å². The average molecular weight is 445 g/mol. The Morgan fingerprint density at radius 2 is 1.94 bits per heavy atom. The Balaban J connectivity index is 1.21. The number of carbonyl (C=O) groups excluding carboxylic acids is 1. The molecule has 0 spiro atoms. The maximum atomic E-state index is 12.9. The summed E-state index contributed by atoms with van der Waals surface area (Å²) in [4.78, 5) is 35.7. The SMILES string of the molecule is O=C(NCCCN1CCCC1)C1CCCN(c2nn3c(=O)c4c(nc3s2)CCCC4)C1. The second-order valence-corrected chi connectivity index (χ2v) is 10.0. The van der Waals surface area contributed by atoms with Crippen LogP contribution in [0.5, 0.6) is 0 Å². The lowest BCUT2D eigenvalue weighted by Gasteiger charge is -2.31. The minimum absolute atomic E-state index is 0.00787. The lowest BCUT2D eigenvalue weighted by molar-refractivity contribution is -0.125. The molecule has 1 atom stereocenters. The van der Waals surface area contributed by atoms with Gasteiger partial charge in [0.2, 0.25) is 16.0 Å². The standard InChI is InChI=1S/C22H32N6O2S/c29-19(23-10-6-13-26-11-3-4-12-26)16-7-5-14-27(15-16)22-25-28-20(30)17-8-1-2-9-18(17)24-21(28)31-22/h16H,1-15H2,(H,23,29). The number of nitrogens with one attached hydrogen (secondary N) is 1. The Morgan fingerprint density at radius 1 is 1.10 bits per heavy atom. The molecule has 168 valence electrons. The molecule has 2 saturated heterocycles. The van der Waals surface area contributed by atoms with Crippen molar-refractivity contribution in [2.24, 2.45) is 5.92 Å². The van der Waals surface area contributed by atoms with Crippen molar-refractivity contribution in [3.63, 3.8) is 0 Å². The number of hydrogen-bond acceptors (Lipinski definition) is 7. The molecule has 5 rings (SSSR count). The molecule has 2 aromatic rings. The molecule has 8 nitrogen and oxygen atoms in total. The Morgan fingerprint density at radius 3 is 2.81 bits per heavy atom. The van der Waals surface area contributed by atoms with Crippen LogP contribution in [-0.2, 0) is 17.6 Å². The van der Waals surface area contributed by atoms with E-state index in [0.717, 1.165) is 81.0 Å². The summed E-state index contributed by atoms with van der Waals surface area (Å²) < 4.78 is 1.48. The van der Waals surface area contributed by atoms with Gasteiger partial charge in [-0.15, -0.1) is 5.10 Å². The fourth-order valence-corrected chi connectivity index (χ4v) is 6.07. The number of piperidine rings is 1. The Hall–Kier alpha value is -2.00. The van der Waals surface area contributed by atoms with Gasteiger partial charge in [-0.3, -0.25) is 9.59 Å². The molecule has 2 fully saturated rings. The molecule has 1 aliphatic carbocycles. The number of nitrogens with zero attached hydrogens (tertiary/aromatic N) is 5. The fraction of sp³-hybridized carbons (Fsp3) is 0.727. The largest absolute Gasteiger partial charge is 0.356 e. The van der Waals surface area contributed by atoms with Crippen LogP contribution in [0.25, 0.3) is 4.96 Å². The highest BCUT2D eigenvalue weighted by Crippen LogP contribution is 2.28. The van der Waals surface area contributed by atoms with Gasteiger partial charge < -0.3 is 15.1 Å². The van der Waals surface area contributed by atoms with E-state index in [1.54, 1.807) is 0 Å². The second kappa shape index (κ2) is 9.24. The minimum Gasteiger partial charge on any atom is -0.356 e. The van der Waals surface area contributed by atoms with Crippen LogP contribution >= 0.6 is 11.3 Å². The zero-order chi connectivity index (χ0) is 21.2. The molecule has 0 bridgehead atoms. The number of aryl methyl sites for hydroxylation is 1. The monoisotopic (exact) mass is 444 g/mol. The van der Waals surface area contributed by atoms with Crippen LogP contribution in [-0.4, -0.2) is 64.7 Å². The molecule has 4 heterocycles. The van der Waals surface area contributed by atoms with Crippen molar-refractivity contribution < 1.29 is 4.79 Å². The molecule has 2 aromatic heterocycles. The van der Waals surface area contributed by atoms with Crippen molar-refractivity contribution in [2.45, 2.75) is 57.8 Å². The minimum atomic E-state index is -0.0227. The quantitative estimate of drug-likeness (QED) is 0.685. The third-order valence-electron chi connectivity index (χ3n) is 6.88. The fourth-order valence-electron chi connectivity index (χ4n) is 5.12. The van der Waals surface area contributed by atoms with E-state index in [1.807, 2.05) is 0 Å². The number of rotatable bonds is 6. The average Bonchev–Trinajstić information content (AvgIpc) is 3.47. The predicted molar refractivity (Wildman–Crippen MR) is 122 cm³/mol. The van der Waals surface area contributed by atoms with Crippen LogP contribution in [0.3, 0.4) is 0 Å². The van der Waals surface area contributed by atoms with E-state index in [2.05, 4.69) is 20.2 Å². The summed E-state index contributed by atoms with van der Waals surface area (Å²) in [7, 11) is 0. The summed E-state index contributed by atoms with van der Waals surface area (Å²) >= 11 is 1.47. The van der Waals surface area contributed by atoms with Gasteiger partial charge in [-0.05, 0) is 77.4 Å².